The van der Waals surface area contributed by atoms with Crippen LogP contribution in [0, 0.1) is 0 Å². The van der Waals surface area contributed by atoms with Gasteiger partial charge >= 0.3 is 0 Å². The summed E-state index contributed by atoms with van der Waals surface area (Å²) in [6.45, 7) is 0. The summed E-state index contributed by atoms with van der Waals surface area (Å²) in [5, 5.41) is 30.3. The molecule has 4 heterocycles. The summed E-state index contributed by atoms with van der Waals surface area (Å²) in [5.41, 5.74) is 15.3. The standard InChI is InChI=1S/C52H32N6O2/c59-49-41(31-23-27-15-13-25-17-19-37-43(39(25)27)47(31)57-51(55-37)33-9-3-1-7-29(33)45-35(51)11-5-21-53-45)50(60)42(49)32-24-28-16-14-26-18-20-38-44(40(26)28)48(32)58-52(56-38)34-10-4-2-8-30(34)46-36(52)12-6-22-54-46/h1-12,17-24,55-57,59H,13-16H2/b42-32-. The number of aryl methyl sites for hydroxylation is 4. The van der Waals surface area contributed by atoms with Crippen LogP contribution in [0.1, 0.15) is 50.1 Å². The van der Waals surface area contributed by atoms with E-state index in [1.54, 1.807) is 0 Å². The Hall–Kier alpha value is -7.58. The number of rotatable bonds is 1. The fourth-order valence-corrected chi connectivity index (χ4v) is 12.0. The molecule has 0 fully saturated rings. The van der Waals surface area contributed by atoms with Crippen LogP contribution in [0.15, 0.2) is 132 Å². The molecule has 5 aliphatic carbocycles. The predicted molar refractivity (Wildman–Crippen MR) is 233 cm³/mol. The highest BCUT2D eigenvalue weighted by Crippen LogP contribution is 2.57. The van der Waals surface area contributed by atoms with Crippen molar-refractivity contribution in [3.63, 3.8) is 0 Å². The summed E-state index contributed by atoms with van der Waals surface area (Å²) in [5.74, 6) is -0.165. The van der Waals surface area contributed by atoms with Crippen LogP contribution in [0.25, 0.3) is 55.2 Å². The molecule has 2 aliphatic heterocycles. The maximum Gasteiger partial charge on any atom is 0.201 e. The predicted octanol–water partition coefficient (Wildman–Crippen LogP) is 8.33. The van der Waals surface area contributed by atoms with E-state index >= 15 is 4.79 Å². The lowest BCUT2D eigenvalue weighted by atomic mass is 9.78. The summed E-state index contributed by atoms with van der Waals surface area (Å²) < 4.78 is 0. The third-order valence-electron chi connectivity index (χ3n) is 14.5. The Bertz CT molecular complexity index is 3550. The number of carbonyl (C=O) groups excluding carboxylic acids is 1. The van der Waals surface area contributed by atoms with Gasteiger partial charge in [-0.2, -0.15) is 0 Å². The largest absolute Gasteiger partial charge is 0.506 e. The molecule has 0 bridgehead atoms. The number of carbonyl (C=O) groups is 1. The number of nitrogens with zero attached hydrogens (tertiary/aromatic N) is 3. The number of aliphatic hydroxyl groups excluding tert-OH is 1. The number of allylic oxidation sites excluding steroid dienone is 2. The van der Waals surface area contributed by atoms with Crippen LogP contribution >= 0.6 is 0 Å². The Labute approximate surface area is 342 Å². The molecule has 6 aromatic carbocycles. The van der Waals surface area contributed by atoms with E-state index in [9.17, 15) is 5.11 Å². The average molecular weight is 773 g/mol. The van der Waals surface area contributed by atoms with E-state index in [1.165, 1.54) is 33.0 Å². The molecule has 15 rings (SSSR count). The zero-order chi connectivity index (χ0) is 39.2. The lowest BCUT2D eigenvalue weighted by molar-refractivity contribution is -0.109. The first-order valence-corrected chi connectivity index (χ1v) is 20.8. The highest BCUT2D eigenvalue weighted by atomic mass is 16.3. The topological polar surface area (TPSA) is 112 Å². The Kier molecular flexibility index (Phi) is 5.42. The molecular weight excluding hydrogens is 741 g/mol. The molecule has 8 aromatic rings. The highest BCUT2D eigenvalue weighted by molar-refractivity contribution is 6.52. The van der Waals surface area contributed by atoms with Crippen LogP contribution in [-0.4, -0.2) is 20.9 Å². The van der Waals surface area contributed by atoms with E-state index in [-0.39, 0.29) is 11.5 Å². The Morgan fingerprint density at radius 2 is 1.15 bits per heavy atom. The summed E-state index contributed by atoms with van der Waals surface area (Å²) >= 11 is 0. The number of ketones is 1. The van der Waals surface area contributed by atoms with Gasteiger partial charge in [-0.3, -0.25) is 14.8 Å². The SMILES string of the molecule is O=C1C(c2cc3c4c(ccc5c4c2NC2(N5)c4ccccc4-c4ncccc42)CC3)=C(O)/C1=c1\cc2c3c(ccc4c3c1=NC1(N4)c3ccccc3-c3ncccc31)CC2. The molecule has 4 N–H and O–H groups in total. The smallest absolute Gasteiger partial charge is 0.201 e. The van der Waals surface area contributed by atoms with Crippen molar-refractivity contribution in [1.29, 1.82) is 0 Å². The number of hydrogen-bond acceptors (Lipinski definition) is 8. The zero-order valence-electron chi connectivity index (χ0n) is 32.1. The van der Waals surface area contributed by atoms with Gasteiger partial charge in [0.15, 0.2) is 11.3 Å². The van der Waals surface area contributed by atoms with Crippen molar-refractivity contribution in [3.05, 3.63) is 188 Å². The maximum absolute atomic E-state index is 15.3. The van der Waals surface area contributed by atoms with Gasteiger partial charge in [-0.05, 0) is 95.1 Å². The van der Waals surface area contributed by atoms with Gasteiger partial charge in [0.05, 0.1) is 33.6 Å². The molecule has 8 heteroatoms. The number of fused-ring (bicyclic) bond motifs is 10. The van der Waals surface area contributed by atoms with E-state index in [1.807, 2.05) is 36.7 Å². The Balaban J connectivity index is 1.02. The number of anilines is 3. The van der Waals surface area contributed by atoms with Gasteiger partial charge < -0.3 is 21.1 Å². The Morgan fingerprint density at radius 3 is 1.92 bits per heavy atom. The van der Waals surface area contributed by atoms with Gasteiger partial charge in [0.1, 0.15) is 5.76 Å². The molecule has 2 unspecified atom stereocenters. The van der Waals surface area contributed by atoms with Gasteiger partial charge in [0, 0.05) is 78.7 Å². The first-order chi connectivity index (χ1) is 29.5. The van der Waals surface area contributed by atoms with Crippen molar-refractivity contribution in [3.8, 4) is 22.5 Å². The second-order valence-corrected chi connectivity index (χ2v) is 17.2. The number of Topliss-reactive ketones (excluding diaryl/α,β-unsaturated/α-hetero) is 1. The number of aromatic nitrogens is 2. The van der Waals surface area contributed by atoms with E-state index in [0.29, 0.717) is 16.4 Å². The van der Waals surface area contributed by atoms with Crippen LogP contribution in [0.2, 0.25) is 0 Å². The minimum absolute atomic E-state index is 0.0111. The Morgan fingerprint density at radius 1 is 0.533 bits per heavy atom. The molecule has 2 spiro atoms. The van der Waals surface area contributed by atoms with Crippen LogP contribution < -0.4 is 26.5 Å². The van der Waals surface area contributed by atoms with Crippen molar-refractivity contribution >= 4 is 55.5 Å². The molecule has 0 saturated carbocycles. The van der Waals surface area contributed by atoms with E-state index in [4.69, 9.17) is 15.0 Å². The molecule has 0 saturated heterocycles. The maximum atomic E-state index is 15.3. The van der Waals surface area contributed by atoms with Gasteiger partial charge in [-0.15, -0.1) is 0 Å². The lowest BCUT2D eigenvalue weighted by Gasteiger charge is -2.41. The van der Waals surface area contributed by atoms with Crippen molar-refractivity contribution in [2.45, 2.75) is 37.0 Å². The van der Waals surface area contributed by atoms with Crippen LogP contribution in [0.3, 0.4) is 0 Å². The number of pyridine rings is 2. The average Bonchev–Trinajstić information content (AvgIpc) is 4.04. The van der Waals surface area contributed by atoms with Gasteiger partial charge in [-0.1, -0.05) is 72.8 Å². The molecule has 8 nitrogen and oxygen atoms in total. The van der Waals surface area contributed by atoms with Crippen molar-refractivity contribution in [2.75, 3.05) is 16.0 Å². The molecule has 0 radical (unpaired) electrons. The molecule has 2 atom stereocenters. The van der Waals surface area contributed by atoms with Gasteiger partial charge in [0.2, 0.25) is 5.78 Å². The van der Waals surface area contributed by atoms with Gasteiger partial charge in [0.25, 0.3) is 0 Å². The molecule has 7 aliphatic rings. The van der Waals surface area contributed by atoms with Gasteiger partial charge in [-0.25, -0.2) is 4.99 Å². The minimum atomic E-state index is -0.962. The summed E-state index contributed by atoms with van der Waals surface area (Å²) in [6, 6.07) is 38.0. The lowest BCUT2D eigenvalue weighted by Crippen LogP contribution is -2.45. The van der Waals surface area contributed by atoms with Crippen molar-refractivity contribution in [2.24, 2.45) is 4.99 Å². The number of aliphatic hydroxyl groups is 1. The zero-order valence-corrected chi connectivity index (χ0v) is 32.1. The number of nitrogens with one attached hydrogen (secondary N) is 3. The molecule has 60 heavy (non-hydrogen) atoms. The third kappa shape index (κ3) is 3.47. The fraction of sp³-hybridized carbons (Fsp3) is 0.115. The van der Waals surface area contributed by atoms with Crippen LogP contribution in [-0.2, 0) is 41.8 Å². The summed E-state index contributed by atoms with van der Waals surface area (Å²) in [4.78, 5) is 30.7. The molecule has 2 aromatic heterocycles. The van der Waals surface area contributed by atoms with Crippen molar-refractivity contribution < 1.29 is 9.90 Å². The molecular formula is C52H32N6O2. The molecule has 282 valence electrons. The number of benzene rings is 6. The third-order valence-corrected chi connectivity index (χ3v) is 14.5. The van der Waals surface area contributed by atoms with E-state index in [2.05, 4.69) is 101 Å². The second kappa shape index (κ2) is 10.3. The second-order valence-electron chi connectivity index (χ2n) is 17.2. The monoisotopic (exact) mass is 772 g/mol. The normalized spacial score (nSPS) is 22.0. The molecule has 0 amide bonds. The fourth-order valence-electron chi connectivity index (χ4n) is 12.0. The van der Waals surface area contributed by atoms with E-state index in [0.717, 1.165) is 109 Å². The summed E-state index contributed by atoms with van der Waals surface area (Å²) in [6.07, 6.45) is 7.25. The highest BCUT2D eigenvalue weighted by Gasteiger charge is 2.50. The van der Waals surface area contributed by atoms with Crippen LogP contribution in [0.5, 0.6) is 0 Å². The first-order valence-electron chi connectivity index (χ1n) is 20.8. The van der Waals surface area contributed by atoms with Crippen LogP contribution in [0.4, 0.5) is 17.1 Å². The quantitative estimate of drug-likeness (QED) is 0.133. The summed E-state index contributed by atoms with van der Waals surface area (Å²) in [7, 11) is 0. The number of hydrogen-bond donors (Lipinski definition) is 4. The minimum Gasteiger partial charge on any atom is -0.506 e. The first kappa shape index (κ1) is 31.4. The van der Waals surface area contributed by atoms with E-state index < -0.39 is 11.3 Å². The van der Waals surface area contributed by atoms with Crippen molar-refractivity contribution in [1.82, 2.24) is 9.97 Å².